The molecule has 0 spiro atoms. The van der Waals surface area contributed by atoms with Crippen LogP contribution in [0.1, 0.15) is 12.8 Å². The molecular formula is C13H19N5S. The molecule has 0 aliphatic carbocycles. The summed E-state index contributed by atoms with van der Waals surface area (Å²) in [5.41, 5.74) is 5.75. The Morgan fingerprint density at radius 3 is 3.00 bits per heavy atom. The van der Waals surface area contributed by atoms with Crippen LogP contribution in [-0.4, -0.2) is 41.5 Å². The van der Waals surface area contributed by atoms with E-state index in [9.17, 15) is 0 Å². The summed E-state index contributed by atoms with van der Waals surface area (Å²) in [4.78, 5) is 11.9. The lowest BCUT2D eigenvalue weighted by atomic mass is 9.97. The largest absolute Gasteiger partial charge is 0.369 e. The van der Waals surface area contributed by atoms with Gasteiger partial charge in [-0.05, 0) is 50.3 Å². The number of nitrogens with two attached hydrogens (primary N) is 1. The molecule has 0 atom stereocenters. The summed E-state index contributed by atoms with van der Waals surface area (Å²) in [7, 11) is 2.18. The zero-order chi connectivity index (χ0) is 13.2. The highest BCUT2D eigenvalue weighted by Gasteiger charge is 2.17. The molecule has 5 nitrogen and oxygen atoms in total. The van der Waals surface area contributed by atoms with Gasteiger partial charge in [-0.15, -0.1) is 11.3 Å². The second kappa shape index (κ2) is 5.30. The smallest absolute Gasteiger partial charge is 0.223 e. The Bertz CT molecular complexity index is 559. The third-order valence-corrected chi connectivity index (χ3v) is 4.55. The maximum absolute atomic E-state index is 5.75. The van der Waals surface area contributed by atoms with E-state index in [-0.39, 0.29) is 0 Å². The molecule has 2 aromatic rings. The van der Waals surface area contributed by atoms with Crippen molar-refractivity contribution in [1.29, 1.82) is 0 Å². The number of nitrogen functional groups attached to an aromatic ring is 1. The van der Waals surface area contributed by atoms with E-state index in [1.54, 1.807) is 11.3 Å². The van der Waals surface area contributed by atoms with Gasteiger partial charge in [-0.25, -0.2) is 4.98 Å². The van der Waals surface area contributed by atoms with Crippen LogP contribution < -0.4 is 11.1 Å². The third kappa shape index (κ3) is 2.79. The first-order valence-electron chi connectivity index (χ1n) is 6.65. The molecular weight excluding hydrogens is 258 g/mol. The van der Waals surface area contributed by atoms with E-state index in [0.29, 0.717) is 5.95 Å². The van der Waals surface area contributed by atoms with Crippen LogP contribution in [0.3, 0.4) is 0 Å². The molecule has 19 heavy (non-hydrogen) atoms. The molecule has 0 saturated carbocycles. The second-order valence-corrected chi connectivity index (χ2v) is 6.09. The van der Waals surface area contributed by atoms with Crippen LogP contribution in [0, 0.1) is 5.92 Å². The zero-order valence-corrected chi connectivity index (χ0v) is 11.9. The maximum Gasteiger partial charge on any atom is 0.223 e. The summed E-state index contributed by atoms with van der Waals surface area (Å²) < 4.78 is 0. The normalized spacial score (nSPS) is 17.9. The molecule has 1 fully saturated rings. The SMILES string of the molecule is CN1CCC(CNc2nc(N)nc3sccc23)CC1. The molecule has 1 aliphatic rings. The molecule has 0 aromatic carbocycles. The standard InChI is InChI=1S/C13H19N5S/c1-18-5-2-9(3-6-18)8-15-11-10-4-7-19-12(10)17-13(14)16-11/h4,7,9H,2-3,5-6,8H2,1H3,(H3,14,15,16,17). The van der Waals surface area contributed by atoms with Crippen LogP contribution in [0.2, 0.25) is 0 Å². The molecule has 3 rings (SSSR count). The topological polar surface area (TPSA) is 67.1 Å². The van der Waals surface area contributed by atoms with Crippen molar-refractivity contribution in [1.82, 2.24) is 14.9 Å². The average Bonchev–Trinajstić information content (AvgIpc) is 2.85. The lowest BCUT2D eigenvalue weighted by Gasteiger charge is -2.29. The highest BCUT2D eigenvalue weighted by atomic mass is 32.1. The number of fused-ring (bicyclic) bond motifs is 1. The van der Waals surface area contributed by atoms with Crippen LogP contribution in [0.5, 0.6) is 0 Å². The van der Waals surface area contributed by atoms with Crippen molar-refractivity contribution in [2.24, 2.45) is 5.92 Å². The maximum atomic E-state index is 5.75. The molecule has 0 bridgehead atoms. The Labute approximate surface area is 116 Å². The quantitative estimate of drug-likeness (QED) is 0.898. The molecule has 102 valence electrons. The van der Waals surface area contributed by atoms with E-state index in [0.717, 1.165) is 28.5 Å². The highest BCUT2D eigenvalue weighted by molar-refractivity contribution is 7.16. The Hall–Kier alpha value is -1.40. The summed E-state index contributed by atoms with van der Waals surface area (Å²) in [6.45, 7) is 3.34. The van der Waals surface area contributed by atoms with Crippen molar-refractivity contribution in [3.05, 3.63) is 11.4 Å². The lowest BCUT2D eigenvalue weighted by Crippen LogP contribution is -2.33. The van der Waals surface area contributed by atoms with Crippen molar-refractivity contribution in [3.63, 3.8) is 0 Å². The number of hydrogen-bond acceptors (Lipinski definition) is 6. The summed E-state index contributed by atoms with van der Waals surface area (Å²) in [5.74, 6) is 1.95. The molecule has 3 heterocycles. The van der Waals surface area contributed by atoms with Gasteiger partial charge in [-0.2, -0.15) is 4.98 Å². The number of likely N-dealkylation sites (tertiary alicyclic amines) is 1. The summed E-state index contributed by atoms with van der Waals surface area (Å²) in [6.07, 6.45) is 2.49. The fourth-order valence-electron chi connectivity index (χ4n) is 2.51. The number of piperidine rings is 1. The first-order chi connectivity index (χ1) is 9.22. The first kappa shape index (κ1) is 12.6. The van der Waals surface area contributed by atoms with E-state index in [1.165, 1.54) is 25.9 Å². The van der Waals surface area contributed by atoms with Crippen molar-refractivity contribution < 1.29 is 0 Å². The van der Waals surface area contributed by atoms with Gasteiger partial charge >= 0.3 is 0 Å². The predicted molar refractivity (Wildman–Crippen MR) is 80.5 cm³/mol. The Balaban J connectivity index is 1.69. The van der Waals surface area contributed by atoms with Gasteiger partial charge in [0.2, 0.25) is 5.95 Å². The van der Waals surface area contributed by atoms with E-state index in [1.807, 2.05) is 5.38 Å². The molecule has 1 saturated heterocycles. The molecule has 3 N–H and O–H groups in total. The summed E-state index contributed by atoms with van der Waals surface area (Å²) >= 11 is 1.60. The molecule has 6 heteroatoms. The second-order valence-electron chi connectivity index (χ2n) is 5.20. The average molecular weight is 277 g/mol. The van der Waals surface area contributed by atoms with Gasteiger partial charge in [0.05, 0.1) is 5.39 Å². The van der Waals surface area contributed by atoms with Gasteiger partial charge in [0.25, 0.3) is 0 Å². The van der Waals surface area contributed by atoms with Gasteiger partial charge in [-0.1, -0.05) is 0 Å². The van der Waals surface area contributed by atoms with Crippen LogP contribution in [0.15, 0.2) is 11.4 Å². The van der Waals surface area contributed by atoms with Crippen molar-refractivity contribution >= 4 is 33.3 Å². The number of anilines is 2. The molecule has 1 aliphatic heterocycles. The van der Waals surface area contributed by atoms with Gasteiger partial charge in [0.15, 0.2) is 0 Å². The van der Waals surface area contributed by atoms with Crippen molar-refractivity contribution in [3.8, 4) is 0 Å². The number of hydrogen-bond donors (Lipinski definition) is 2. The summed E-state index contributed by atoms with van der Waals surface area (Å²) in [6, 6.07) is 2.05. The molecule has 0 radical (unpaired) electrons. The van der Waals surface area contributed by atoms with Crippen molar-refractivity contribution in [2.45, 2.75) is 12.8 Å². The van der Waals surface area contributed by atoms with Gasteiger partial charge in [0.1, 0.15) is 10.6 Å². The fourth-order valence-corrected chi connectivity index (χ4v) is 3.28. The Morgan fingerprint density at radius 2 is 2.21 bits per heavy atom. The summed E-state index contributed by atoms with van der Waals surface area (Å²) in [5, 5.41) is 6.56. The highest BCUT2D eigenvalue weighted by Crippen LogP contribution is 2.26. The Kier molecular flexibility index (Phi) is 3.52. The van der Waals surface area contributed by atoms with E-state index < -0.39 is 0 Å². The van der Waals surface area contributed by atoms with Crippen LogP contribution in [0.4, 0.5) is 11.8 Å². The number of nitrogens with zero attached hydrogens (tertiary/aromatic N) is 3. The van der Waals surface area contributed by atoms with Crippen LogP contribution >= 0.6 is 11.3 Å². The number of aromatic nitrogens is 2. The minimum absolute atomic E-state index is 0.348. The van der Waals surface area contributed by atoms with Crippen LogP contribution in [0.25, 0.3) is 10.2 Å². The number of nitrogens with one attached hydrogen (secondary N) is 1. The molecule has 0 amide bonds. The third-order valence-electron chi connectivity index (χ3n) is 3.74. The zero-order valence-electron chi connectivity index (χ0n) is 11.1. The fraction of sp³-hybridized carbons (Fsp3) is 0.538. The predicted octanol–water partition coefficient (Wildman–Crippen LogP) is 2.03. The van der Waals surface area contributed by atoms with E-state index in [4.69, 9.17) is 5.73 Å². The van der Waals surface area contributed by atoms with Gasteiger partial charge < -0.3 is 16.0 Å². The monoisotopic (exact) mass is 277 g/mol. The number of rotatable bonds is 3. The first-order valence-corrected chi connectivity index (χ1v) is 7.53. The molecule has 2 aromatic heterocycles. The van der Waals surface area contributed by atoms with Crippen molar-refractivity contribution in [2.75, 3.05) is 37.7 Å². The van der Waals surface area contributed by atoms with Crippen LogP contribution in [-0.2, 0) is 0 Å². The van der Waals surface area contributed by atoms with E-state index in [2.05, 4.69) is 33.3 Å². The number of thiophene rings is 1. The lowest BCUT2D eigenvalue weighted by molar-refractivity contribution is 0.226. The Morgan fingerprint density at radius 1 is 1.42 bits per heavy atom. The molecule has 0 unspecified atom stereocenters. The van der Waals surface area contributed by atoms with E-state index >= 15 is 0 Å². The minimum Gasteiger partial charge on any atom is -0.369 e. The van der Waals surface area contributed by atoms with Gasteiger partial charge in [0, 0.05) is 6.54 Å². The van der Waals surface area contributed by atoms with Gasteiger partial charge in [-0.3, -0.25) is 0 Å². The minimum atomic E-state index is 0.348.